The lowest BCUT2D eigenvalue weighted by Gasteiger charge is -2.40. The quantitative estimate of drug-likeness (QED) is 0.119. The molecule has 16 aromatic carbocycles. The van der Waals surface area contributed by atoms with E-state index in [2.05, 4.69) is 274 Å². The molecule has 12 nitrogen and oxygen atoms in total. The summed E-state index contributed by atoms with van der Waals surface area (Å²) in [4.78, 5) is 29.6. The maximum Gasteiger partial charge on any atom is 0.495 e. The van der Waals surface area contributed by atoms with Gasteiger partial charge in [0, 0.05) is 71.2 Å². The lowest BCUT2D eigenvalue weighted by atomic mass is 9.65. The van der Waals surface area contributed by atoms with E-state index in [0.29, 0.717) is 46.1 Å². The van der Waals surface area contributed by atoms with Crippen LogP contribution in [0.5, 0.6) is 23.0 Å². The maximum absolute atomic E-state index is 9.54. The van der Waals surface area contributed by atoms with Gasteiger partial charge < -0.3 is 18.8 Å². The fourth-order valence-corrected chi connectivity index (χ4v) is 18.8. The minimum Gasteiger partial charge on any atom is -0.456 e. The van der Waals surface area contributed by atoms with Gasteiger partial charge in [-0.3, -0.25) is 0 Å². The first-order valence-corrected chi connectivity index (χ1v) is 42.8. The first-order valence-electron chi connectivity index (χ1n) is 42.0. The molecule has 0 bridgehead atoms. The van der Waals surface area contributed by atoms with Crippen LogP contribution in [0.25, 0.3) is 124 Å². The Bertz CT molecular complexity index is 7240. The number of fused-ring (bicyclic) bond motifs is 18. The zero-order valence-electron chi connectivity index (χ0n) is 69.1. The van der Waals surface area contributed by atoms with Crippen molar-refractivity contribution in [2.45, 2.75) is 49.7 Å². The highest BCUT2D eigenvalue weighted by atomic mass is 79.9. The Morgan fingerprint density at radius 2 is 0.532 bits per heavy atom. The van der Waals surface area contributed by atoms with Crippen LogP contribution < -0.4 is 14.9 Å². The van der Waals surface area contributed by atoms with Crippen LogP contribution in [-0.4, -0.2) is 48.2 Å². The summed E-state index contributed by atoms with van der Waals surface area (Å²) in [6.45, 7) is 8.44. The third-order valence-corrected chi connectivity index (χ3v) is 25.7. The zero-order valence-corrected chi connectivity index (χ0v) is 70.7. The summed E-state index contributed by atoms with van der Waals surface area (Å²) in [6.07, 6.45) is 0. The van der Waals surface area contributed by atoms with E-state index < -0.39 is 29.2 Å². The zero-order chi connectivity index (χ0) is 85.3. The summed E-state index contributed by atoms with van der Waals surface area (Å²) in [5.41, 5.74) is 25.8. The molecule has 598 valence electrons. The fourth-order valence-electron chi connectivity index (χ4n) is 18.6. The highest BCUT2D eigenvalue weighted by molar-refractivity contribution is 9.10. The van der Waals surface area contributed by atoms with Crippen molar-refractivity contribution in [3.05, 3.63) is 448 Å². The van der Waals surface area contributed by atoms with Crippen molar-refractivity contribution >= 4 is 28.5 Å². The second kappa shape index (κ2) is 31.8. The molecule has 3 aliphatic heterocycles. The lowest BCUT2D eigenvalue weighted by Crippen LogP contribution is -2.41. The molecule has 2 atom stereocenters. The lowest BCUT2D eigenvalue weighted by molar-refractivity contribution is 0.00578. The van der Waals surface area contributed by atoms with Gasteiger partial charge in [-0.05, 0) is 148 Å². The molecule has 18 aromatic rings. The van der Waals surface area contributed by atoms with Crippen molar-refractivity contribution in [3.63, 3.8) is 0 Å². The predicted octanol–water partition coefficient (Wildman–Crippen LogP) is 26.2. The summed E-state index contributed by atoms with van der Waals surface area (Å²) in [5, 5.41) is 17.9. The average Bonchev–Trinajstić information content (AvgIpc) is 1.50. The number of para-hydroxylation sites is 4. The standard InChI is InChI=1S/C53H32N4O.C52H40BN3O3.C7H4BrN/c54-33-34-25-27-35(28-26-34)40-18-11-22-45-48(40)42-17-7-8-20-43(42)53(45)44-21-9-10-24-47(44)58-49-41(19-12-23-46(49)53)36-29-31-39(32-30-36)52-56-50(37-13-3-1-4-14-37)55-51(57-52)38-15-5-2-6-16-38;1-50(2)51(3,4)59-53(58-50)43-27-16-25-41-45(43)38-21-11-12-23-39(38)52(41)40-24-13-14-28-44(40)57-46-37(22-15-26-42(46)52)33-29-31-36(32-30-33)49-55-47(34-17-7-5-8-18-34)54-48(56-49)35-19-9-6-10-20-35;8-7-3-1-6(5-9)2-4-7/h1-32H;5-32H,1-4H3;1-4H. The third-order valence-electron chi connectivity index (χ3n) is 25.1. The molecule has 14 heteroatoms. The SMILES string of the molecule is CC1(C)OB(c2cccc3c2-c2ccccc2C32c3ccccc3Oc3c(-c4ccc(-c5nc(-c6ccccc6)nc(-c6ccccc6)n5)cc4)cccc32)OC1(C)C.N#Cc1ccc(-c2cccc3c2-c2ccccc2C32c3ccccc3Oc3c(-c4ccc(-c5nc(-c6ccccc6)nc(-c6ccccc6)n5)cc4)cccc32)cc1.N#Cc1ccc(Br)cc1. The van der Waals surface area contributed by atoms with E-state index in [1.54, 1.807) is 12.1 Å². The summed E-state index contributed by atoms with van der Waals surface area (Å²) in [5.74, 6) is 7.07. The average molecular weight is 1690 g/mol. The molecule has 5 heterocycles. The largest absolute Gasteiger partial charge is 0.495 e. The molecule has 1 fully saturated rings. The van der Waals surface area contributed by atoms with E-state index >= 15 is 0 Å². The van der Waals surface area contributed by atoms with Crippen molar-refractivity contribution in [1.29, 1.82) is 10.5 Å². The Kier molecular flexibility index (Phi) is 19.7. The molecule has 0 N–H and O–H groups in total. The molecule has 2 unspecified atom stereocenters. The van der Waals surface area contributed by atoms with Crippen LogP contribution in [0.4, 0.5) is 0 Å². The Labute approximate surface area is 739 Å². The summed E-state index contributed by atoms with van der Waals surface area (Å²) < 4.78 is 28.5. The summed E-state index contributed by atoms with van der Waals surface area (Å²) in [6, 6.07) is 137. The smallest absolute Gasteiger partial charge is 0.456 e. The van der Waals surface area contributed by atoms with E-state index in [-0.39, 0.29) is 0 Å². The van der Waals surface area contributed by atoms with Gasteiger partial charge in [-0.15, -0.1) is 0 Å². The minimum atomic E-state index is -0.655. The van der Waals surface area contributed by atoms with Gasteiger partial charge in [-0.1, -0.05) is 356 Å². The monoisotopic (exact) mass is 1690 g/mol. The van der Waals surface area contributed by atoms with Crippen molar-refractivity contribution < 1.29 is 18.8 Å². The van der Waals surface area contributed by atoms with Gasteiger partial charge in [-0.2, -0.15) is 10.5 Å². The van der Waals surface area contributed by atoms with Crippen LogP contribution in [0, 0.1) is 22.7 Å². The molecule has 2 spiro atoms. The second-order valence-corrected chi connectivity index (χ2v) is 33.7. The number of rotatable bonds is 10. The number of halogens is 1. The van der Waals surface area contributed by atoms with Crippen molar-refractivity contribution in [3.8, 4) is 159 Å². The molecule has 2 aliphatic carbocycles. The van der Waals surface area contributed by atoms with Crippen LogP contribution in [0.3, 0.4) is 0 Å². The van der Waals surface area contributed by atoms with Crippen LogP contribution in [0.1, 0.15) is 83.3 Å². The van der Waals surface area contributed by atoms with E-state index in [9.17, 15) is 5.26 Å². The molecule has 23 rings (SSSR count). The highest BCUT2D eigenvalue weighted by Gasteiger charge is 2.57. The summed E-state index contributed by atoms with van der Waals surface area (Å²) >= 11 is 3.27. The molecule has 2 aromatic heterocycles. The van der Waals surface area contributed by atoms with Crippen LogP contribution in [0.2, 0.25) is 0 Å². The van der Waals surface area contributed by atoms with E-state index in [0.717, 1.165) is 128 Å². The first kappa shape index (κ1) is 77.9. The van der Waals surface area contributed by atoms with Gasteiger partial charge in [0.1, 0.15) is 23.0 Å². The normalized spacial score (nSPS) is 15.6. The van der Waals surface area contributed by atoms with Crippen LogP contribution in [-0.2, 0) is 20.1 Å². The Balaban J connectivity index is 0.000000140. The predicted molar refractivity (Wildman–Crippen MR) is 503 cm³/mol. The molecular formula is C112H76BBrN8O4. The Morgan fingerprint density at radius 3 is 0.929 bits per heavy atom. The van der Waals surface area contributed by atoms with Crippen molar-refractivity contribution in [1.82, 2.24) is 29.9 Å². The summed E-state index contributed by atoms with van der Waals surface area (Å²) in [7, 11) is -0.519. The molecule has 0 amide bonds. The number of benzene rings is 16. The van der Waals surface area contributed by atoms with Crippen molar-refractivity contribution in [2.24, 2.45) is 0 Å². The number of hydrogen-bond donors (Lipinski definition) is 0. The topological polar surface area (TPSA) is 162 Å². The number of nitrogens with zero attached hydrogens (tertiary/aromatic N) is 8. The van der Waals surface area contributed by atoms with Crippen LogP contribution in [0.15, 0.2) is 393 Å². The number of ether oxygens (including phenoxy) is 2. The molecule has 126 heavy (non-hydrogen) atoms. The van der Waals surface area contributed by atoms with Gasteiger partial charge >= 0.3 is 7.12 Å². The molecule has 1 saturated heterocycles. The Hall–Kier alpha value is -15.4. The maximum atomic E-state index is 9.54. The first-order chi connectivity index (χ1) is 61.8. The number of hydrogen-bond acceptors (Lipinski definition) is 12. The Morgan fingerprint density at radius 1 is 0.254 bits per heavy atom. The second-order valence-electron chi connectivity index (χ2n) is 32.8. The number of nitriles is 2. The molecule has 0 radical (unpaired) electrons. The van der Waals surface area contributed by atoms with E-state index in [1.165, 1.54) is 38.9 Å². The van der Waals surface area contributed by atoms with Gasteiger partial charge in [0.25, 0.3) is 0 Å². The van der Waals surface area contributed by atoms with E-state index in [1.807, 2.05) is 158 Å². The van der Waals surface area contributed by atoms with E-state index in [4.69, 9.17) is 53.9 Å². The molecule has 0 saturated carbocycles. The molecule has 5 aliphatic rings. The number of aromatic nitrogens is 6. The molecular weight excluding hydrogens is 1610 g/mol. The van der Waals surface area contributed by atoms with Gasteiger partial charge in [0.05, 0.1) is 45.3 Å². The highest BCUT2D eigenvalue weighted by Crippen LogP contribution is 2.66. The van der Waals surface area contributed by atoms with Gasteiger partial charge in [0.15, 0.2) is 34.9 Å². The van der Waals surface area contributed by atoms with Gasteiger partial charge in [0.2, 0.25) is 0 Å². The fraction of sp³-hybridized carbons (Fsp3) is 0.0714. The van der Waals surface area contributed by atoms with Crippen LogP contribution >= 0.6 is 15.9 Å². The third kappa shape index (κ3) is 13.3. The van der Waals surface area contributed by atoms with Crippen molar-refractivity contribution in [2.75, 3.05) is 0 Å². The minimum absolute atomic E-state index is 0.476. The van der Waals surface area contributed by atoms with Gasteiger partial charge in [-0.25, -0.2) is 29.9 Å².